The van der Waals surface area contributed by atoms with Gasteiger partial charge in [-0.25, -0.2) is 4.39 Å². The second-order valence-electron chi connectivity index (χ2n) is 9.20. The number of rotatable bonds is 5. The molecule has 5 rings (SSSR count). The van der Waals surface area contributed by atoms with Crippen LogP contribution in [-0.2, 0) is 16.8 Å². The van der Waals surface area contributed by atoms with Crippen LogP contribution in [0.2, 0.25) is 0 Å². The molecule has 6 nitrogen and oxygen atoms in total. The van der Waals surface area contributed by atoms with E-state index in [1.54, 1.807) is 6.07 Å². The van der Waals surface area contributed by atoms with Gasteiger partial charge in [0.15, 0.2) is 11.5 Å². The maximum absolute atomic E-state index is 14.9. The largest absolute Gasteiger partial charge is 0.454 e. The molecule has 2 N–H and O–H groups in total. The van der Waals surface area contributed by atoms with Crippen LogP contribution in [0.3, 0.4) is 0 Å². The standard InChI is InChI=1S/C25H25FN2O4/c1-25(2,3)23-10-15-8-19(18(26)12-20(15)28(23)6-7-29)27-24(30)17-11-16(17)14-4-5-21-22(9-14)32-13-31-21/h4-5,8-10,12,29H,6-7,11,13H2,1-3H3,(H,27,30). The van der Waals surface area contributed by atoms with Crippen molar-refractivity contribution in [2.24, 2.45) is 0 Å². The second kappa shape index (κ2) is 7.38. The lowest BCUT2D eigenvalue weighted by atomic mass is 9.92. The maximum Gasteiger partial charge on any atom is 0.252 e. The van der Waals surface area contributed by atoms with Crippen molar-refractivity contribution in [3.05, 3.63) is 59.0 Å². The first-order valence-electron chi connectivity index (χ1n) is 10.6. The SMILES string of the molecule is CC(C)(C)c1cc2cc(NC(=O)C3=C(c4ccc5c(c4)OCO5)C3)c(F)cc2n1CCO. The first-order valence-corrected chi connectivity index (χ1v) is 10.6. The quantitative estimate of drug-likeness (QED) is 0.613. The Morgan fingerprint density at radius 2 is 1.94 bits per heavy atom. The maximum atomic E-state index is 14.9. The predicted molar refractivity (Wildman–Crippen MR) is 120 cm³/mol. The molecule has 0 bridgehead atoms. The molecule has 1 amide bonds. The van der Waals surface area contributed by atoms with Crippen molar-refractivity contribution < 1.29 is 23.8 Å². The van der Waals surface area contributed by atoms with Gasteiger partial charge >= 0.3 is 0 Å². The molecule has 1 aliphatic heterocycles. The van der Waals surface area contributed by atoms with Gasteiger partial charge in [-0.05, 0) is 35.4 Å². The highest BCUT2D eigenvalue weighted by Gasteiger charge is 2.31. The number of halogens is 1. The predicted octanol–water partition coefficient (Wildman–Crippen LogP) is 4.59. The van der Waals surface area contributed by atoms with Crippen LogP contribution in [0.5, 0.6) is 11.5 Å². The Morgan fingerprint density at radius 3 is 2.69 bits per heavy atom. The van der Waals surface area contributed by atoms with Gasteiger partial charge in [-0.3, -0.25) is 4.79 Å². The topological polar surface area (TPSA) is 72.7 Å². The van der Waals surface area contributed by atoms with Crippen molar-refractivity contribution in [3.8, 4) is 11.5 Å². The summed E-state index contributed by atoms with van der Waals surface area (Å²) in [6.07, 6.45) is 0.552. The van der Waals surface area contributed by atoms with Crippen LogP contribution in [0.25, 0.3) is 16.5 Å². The molecule has 1 aliphatic carbocycles. The second-order valence-corrected chi connectivity index (χ2v) is 9.20. The van der Waals surface area contributed by atoms with Crippen LogP contribution in [0.15, 0.2) is 42.0 Å². The summed E-state index contributed by atoms with van der Waals surface area (Å²) in [6, 6.07) is 10.7. The smallest absolute Gasteiger partial charge is 0.252 e. The molecule has 2 heterocycles. The van der Waals surface area contributed by atoms with Gasteiger partial charge in [-0.1, -0.05) is 26.8 Å². The van der Waals surface area contributed by atoms with Gasteiger partial charge in [0.1, 0.15) is 5.82 Å². The van der Waals surface area contributed by atoms with Crippen LogP contribution < -0.4 is 14.8 Å². The Kier molecular flexibility index (Phi) is 4.74. The van der Waals surface area contributed by atoms with E-state index in [9.17, 15) is 14.3 Å². The third-order valence-electron chi connectivity index (χ3n) is 5.92. The number of ether oxygens (including phenoxy) is 2. The Bertz CT molecular complexity index is 1280. The highest BCUT2D eigenvalue weighted by atomic mass is 19.1. The molecule has 0 atom stereocenters. The number of carbonyl (C=O) groups is 1. The first-order chi connectivity index (χ1) is 15.3. The molecule has 2 aliphatic rings. The Balaban J connectivity index is 1.43. The van der Waals surface area contributed by atoms with Crippen molar-refractivity contribution in [1.29, 1.82) is 0 Å². The fourth-order valence-electron chi connectivity index (χ4n) is 4.25. The number of carbonyl (C=O) groups excluding carboxylic acids is 1. The first kappa shape index (κ1) is 20.6. The molecule has 3 aromatic rings. The number of aliphatic hydroxyl groups is 1. The zero-order valence-corrected chi connectivity index (χ0v) is 18.3. The average Bonchev–Trinajstić information content (AvgIpc) is 3.27. The number of benzene rings is 2. The van der Waals surface area contributed by atoms with Crippen molar-refractivity contribution in [2.75, 3.05) is 18.7 Å². The number of nitrogens with zero attached hydrogens (tertiary/aromatic N) is 1. The minimum absolute atomic E-state index is 0.0379. The Morgan fingerprint density at radius 1 is 1.16 bits per heavy atom. The number of allylic oxidation sites excluding steroid dienone is 1. The van der Waals surface area contributed by atoms with Crippen LogP contribution in [0.4, 0.5) is 10.1 Å². The lowest BCUT2D eigenvalue weighted by Gasteiger charge is -2.21. The molecule has 0 saturated carbocycles. The average molecular weight is 436 g/mol. The van der Waals surface area contributed by atoms with Crippen LogP contribution in [0.1, 0.15) is 38.4 Å². The molecule has 7 heteroatoms. The molecule has 2 aromatic carbocycles. The minimum atomic E-state index is -0.505. The summed E-state index contributed by atoms with van der Waals surface area (Å²) in [5.74, 6) is 0.551. The van der Waals surface area contributed by atoms with Gasteiger partial charge in [-0.15, -0.1) is 0 Å². The normalized spacial score (nSPS) is 14.9. The summed E-state index contributed by atoms with van der Waals surface area (Å²) in [7, 11) is 0. The van der Waals surface area contributed by atoms with Crippen LogP contribution in [-0.4, -0.2) is 29.0 Å². The fourth-order valence-corrected chi connectivity index (χ4v) is 4.25. The van der Waals surface area contributed by atoms with Gasteiger partial charge < -0.3 is 24.5 Å². The number of anilines is 1. The van der Waals surface area contributed by atoms with E-state index in [0.29, 0.717) is 35.6 Å². The number of aromatic nitrogens is 1. The van der Waals surface area contributed by atoms with E-state index in [2.05, 4.69) is 26.1 Å². The van der Waals surface area contributed by atoms with Gasteiger partial charge in [-0.2, -0.15) is 0 Å². The van der Waals surface area contributed by atoms with Crippen molar-refractivity contribution in [1.82, 2.24) is 4.57 Å². The Hall–Kier alpha value is -3.32. The molecule has 0 spiro atoms. The van der Waals surface area contributed by atoms with E-state index >= 15 is 0 Å². The molecule has 0 radical (unpaired) electrons. The number of amides is 1. The van der Waals surface area contributed by atoms with E-state index in [0.717, 1.165) is 22.2 Å². The van der Waals surface area contributed by atoms with E-state index in [1.165, 1.54) is 6.07 Å². The summed E-state index contributed by atoms with van der Waals surface area (Å²) < 4.78 is 27.6. The summed E-state index contributed by atoms with van der Waals surface area (Å²) in [4.78, 5) is 12.8. The minimum Gasteiger partial charge on any atom is -0.454 e. The van der Waals surface area contributed by atoms with E-state index in [1.807, 2.05) is 28.8 Å². The van der Waals surface area contributed by atoms with Crippen LogP contribution in [0, 0.1) is 5.82 Å². The lowest BCUT2D eigenvalue weighted by Crippen LogP contribution is -2.18. The summed E-state index contributed by atoms with van der Waals surface area (Å²) in [5, 5.41) is 13.0. The van der Waals surface area contributed by atoms with Crippen LogP contribution >= 0.6 is 0 Å². The molecule has 0 unspecified atom stereocenters. The fraction of sp³-hybridized carbons (Fsp3) is 0.320. The monoisotopic (exact) mass is 436 g/mol. The van der Waals surface area contributed by atoms with Gasteiger partial charge in [0.25, 0.3) is 5.91 Å². The molecule has 166 valence electrons. The molecule has 1 aromatic heterocycles. The summed E-state index contributed by atoms with van der Waals surface area (Å²) in [6.45, 7) is 6.77. The van der Waals surface area contributed by atoms with Crippen molar-refractivity contribution in [2.45, 2.75) is 39.2 Å². The zero-order chi connectivity index (χ0) is 22.6. The van der Waals surface area contributed by atoms with Gasteiger partial charge in [0, 0.05) is 41.1 Å². The number of hydrogen-bond donors (Lipinski definition) is 2. The number of fused-ring (bicyclic) bond motifs is 2. The van der Waals surface area contributed by atoms with E-state index in [-0.39, 0.29) is 30.4 Å². The third kappa shape index (κ3) is 3.52. The highest BCUT2D eigenvalue weighted by molar-refractivity contribution is 6.16. The zero-order valence-electron chi connectivity index (χ0n) is 18.3. The highest BCUT2D eigenvalue weighted by Crippen LogP contribution is 2.44. The molecule has 0 saturated heterocycles. The number of nitrogens with one attached hydrogen (secondary N) is 1. The van der Waals surface area contributed by atoms with Crippen molar-refractivity contribution >= 4 is 28.1 Å². The Labute approximate surface area is 185 Å². The van der Waals surface area contributed by atoms with Crippen molar-refractivity contribution in [3.63, 3.8) is 0 Å². The van der Waals surface area contributed by atoms with E-state index < -0.39 is 5.82 Å². The van der Waals surface area contributed by atoms with E-state index in [4.69, 9.17) is 9.47 Å². The lowest BCUT2D eigenvalue weighted by molar-refractivity contribution is -0.112. The van der Waals surface area contributed by atoms with Gasteiger partial charge in [0.2, 0.25) is 6.79 Å². The summed E-state index contributed by atoms with van der Waals surface area (Å²) >= 11 is 0. The summed E-state index contributed by atoms with van der Waals surface area (Å²) in [5.41, 5.74) is 4.14. The molecule has 0 fully saturated rings. The molecule has 32 heavy (non-hydrogen) atoms. The third-order valence-corrected chi connectivity index (χ3v) is 5.92. The number of hydrogen-bond acceptors (Lipinski definition) is 4. The molecular weight excluding hydrogens is 411 g/mol. The molecular formula is C25H25FN2O4. The van der Waals surface area contributed by atoms with Gasteiger partial charge in [0.05, 0.1) is 17.8 Å². The number of aliphatic hydroxyl groups excluding tert-OH is 1.